The highest BCUT2D eigenvalue weighted by atomic mass is 32.1. The smallest absolute Gasteiger partial charge is 0.210 e. The van der Waals surface area contributed by atoms with E-state index in [1.54, 1.807) is 0 Å². The molecule has 5 aliphatic rings. The highest BCUT2D eigenvalue weighted by Gasteiger charge is 2.35. The van der Waals surface area contributed by atoms with Crippen molar-refractivity contribution >= 4 is 23.9 Å². The van der Waals surface area contributed by atoms with Crippen molar-refractivity contribution in [3.63, 3.8) is 0 Å². The lowest BCUT2D eigenvalue weighted by atomic mass is 9.82. The molecular formula is C31H31N2OS+. The second-order valence-electron chi connectivity index (χ2n) is 10.9. The second-order valence-corrected chi connectivity index (χ2v) is 11.3. The Morgan fingerprint density at radius 3 is 2.43 bits per heavy atom. The third-order valence-electron chi connectivity index (χ3n) is 8.86. The molecule has 0 aliphatic carbocycles. The average Bonchev–Trinajstić information content (AvgIpc) is 2.89. The first-order valence-corrected chi connectivity index (χ1v) is 13.9. The summed E-state index contributed by atoms with van der Waals surface area (Å²) in [6, 6.07) is 13.6. The van der Waals surface area contributed by atoms with Crippen LogP contribution < -0.4 is 24.8 Å². The van der Waals surface area contributed by atoms with E-state index in [9.17, 15) is 0 Å². The molecule has 176 valence electrons. The molecule has 3 aromatic rings. The SMILES string of the molecule is Sc1ccccc1C1=c2cc3c4c(c2Oc2c1cc1c5c2CCCN5CCC1)CCC[N+]=4CCC3. The van der Waals surface area contributed by atoms with Crippen LogP contribution in [0.4, 0.5) is 5.69 Å². The summed E-state index contributed by atoms with van der Waals surface area (Å²) < 4.78 is 9.74. The van der Waals surface area contributed by atoms with E-state index in [0.717, 1.165) is 29.2 Å². The van der Waals surface area contributed by atoms with Crippen molar-refractivity contribution in [3.05, 3.63) is 80.4 Å². The molecule has 35 heavy (non-hydrogen) atoms. The van der Waals surface area contributed by atoms with Gasteiger partial charge in [-0.05, 0) is 67.9 Å². The first kappa shape index (κ1) is 20.5. The number of nitrogens with zero attached hydrogens (tertiary/aromatic N) is 2. The van der Waals surface area contributed by atoms with Crippen LogP contribution in [-0.4, -0.2) is 26.2 Å². The van der Waals surface area contributed by atoms with Crippen molar-refractivity contribution in [1.29, 1.82) is 0 Å². The maximum absolute atomic E-state index is 7.11. The molecule has 0 unspecified atom stereocenters. The van der Waals surface area contributed by atoms with Crippen molar-refractivity contribution in [3.8, 4) is 11.5 Å². The molecule has 3 nitrogen and oxygen atoms in total. The number of fused-ring (bicyclic) bond motifs is 4. The van der Waals surface area contributed by atoms with E-state index in [2.05, 4.69) is 45.9 Å². The van der Waals surface area contributed by atoms with Crippen LogP contribution in [-0.2, 0) is 25.7 Å². The van der Waals surface area contributed by atoms with Crippen LogP contribution in [0, 0.1) is 0 Å². The Labute approximate surface area is 212 Å². The fourth-order valence-corrected chi connectivity index (χ4v) is 7.76. The standard InChI is InChI=1S/C31H30N2OS/c35-26-12-2-1-9-21(26)27-24-17-19-7-3-13-32-15-5-10-22(28(19)32)30(24)34-31-23-11-6-16-33-14-4-8-20(29(23)33)18-25(27)31/h1-2,9,12,17-18H,3-8,10-11,13-16H2/p+1. The predicted octanol–water partition coefficient (Wildman–Crippen LogP) is 4.41. The number of hydrogen-bond acceptors (Lipinski definition) is 3. The minimum absolute atomic E-state index is 1.04. The van der Waals surface area contributed by atoms with E-state index in [1.807, 2.05) is 0 Å². The summed E-state index contributed by atoms with van der Waals surface area (Å²) in [5.41, 5.74) is 11.2. The maximum Gasteiger partial charge on any atom is 0.210 e. The van der Waals surface area contributed by atoms with Crippen LogP contribution >= 0.6 is 12.6 Å². The Balaban J connectivity index is 1.54. The van der Waals surface area contributed by atoms with Gasteiger partial charge in [0, 0.05) is 64.0 Å². The van der Waals surface area contributed by atoms with E-state index in [4.69, 9.17) is 17.4 Å². The van der Waals surface area contributed by atoms with Crippen molar-refractivity contribution < 1.29 is 4.74 Å². The first-order chi connectivity index (χ1) is 17.3. The summed E-state index contributed by atoms with van der Waals surface area (Å²) in [5, 5.41) is 2.77. The number of thiol groups is 1. The zero-order chi connectivity index (χ0) is 23.1. The molecule has 8 rings (SSSR count). The topological polar surface area (TPSA) is 15.5 Å². The fraction of sp³-hybridized carbons (Fsp3) is 0.387. The number of aryl methyl sites for hydroxylation is 2. The number of rotatable bonds is 1. The molecule has 5 heterocycles. The Bertz CT molecular complexity index is 1550. The second kappa shape index (κ2) is 7.64. The van der Waals surface area contributed by atoms with E-state index < -0.39 is 0 Å². The van der Waals surface area contributed by atoms with Crippen LogP contribution in [0.15, 0.2) is 41.3 Å². The van der Waals surface area contributed by atoms with Crippen molar-refractivity contribution in [2.45, 2.75) is 56.3 Å². The van der Waals surface area contributed by atoms with Crippen LogP contribution in [0.3, 0.4) is 0 Å². The first-order valence-electron chi connectivity index (χ1n) is 13.5. The van der Waals surface area contributed by atoms with Crippen molar-refractivity contribution in [2.75, 3.05) is 31.1 Å². The van der Waals surface area contributed by atoms with Crippen LogP contribution in [0.2, 0.25) is 0 Å². The summed E-state index contributed by atoms with van der Waals surface area (Å²) in [4.78, 5) is 3.67. The highest BCUT2D eigenvalue weighted by molar-refractivity contribution is 7.80. The number of benzene rings is 3. The third-order valence-corrected chi connectivity index (χ3v) is 9.25. The lowest BCUT2D eigenvalue weighted by Crippen LogP contribution is -2.45. The Morgan fingerprint density at radius 2 is 1.54 bits per heavy atom. The van der Waals surface area contributed by atoms with Gasteiger partial charge >= 0.3 is 0 Å². The van der Waals surface area contributed by atoms with E-state index in [1.165, 1.54) is 120 Å². The lowest BCUT2D eigenvalue weighted by molar-refractivity contribution is 0.431. The third kappa shape index (κ3) is 2.89. The lowest BCUT2D eigenvalue weighted by Gasteiger charge is -2.39. The highest BCUT2D eigenvalue weighted by Crippen LogP contribution is 2.48. The molecule has 0 saturated heterocycles. The molecule has 0 amide bonds. The van der Waals surface area contributed by atoms with Gasteiger partial charge in [0.2, 0.25) is 5.36 Å². The molecule has 0 saturated carbocycles. The summed E-state index contributed by atoms with van der Waals surface area (Å²) >= 11 is 4.96. The molecule has 4 heteroatoms. The fourth-order valence-electron chi connectivity index (χ4n) is 7.49. The van der Waals surface area contributed by atoms with Gasteiger partial charge in [-0.1, -0.05) is 18.2 Å². The van der Waals surface area contributed by atoms with E-state index in [0.29, 0.717) is 0 Å². The molecule has 0 aromatic heterocycles. The van der Waals surface area contributed by atoms with Gasteiger partial charge in [-0.15, -0.1) is 12.6 Å². The van der Waals surface area contributed by atoms with Gasteiger partial charge in [0.25, 0.3) is 0 Å². The van der Waals surface area contributed by atoms with Gasteiger partial charge < -0.3 is 9.64 Å². The molecule has 0 radical (unpaired) electrons. The normalized spacial score (nSPS) is 19.4. The molecular weight excluding hydrogens is 448 g/mol. The Kier molecular flexibility index (Phi) is 4.47. The van der Waals surface area contributed by atoms with Crippen LogP contribution in [0.1, 0.15) is 59.1 Å². The van der Waals surface area contributed by atoms with Gasteiger partial charge in [0.15, 0.2) is 0 Å². The van der Waals surface area contributed by atoms with Gasteiger partial charge in [-0.25, -0.2) is 4.58 Å². The molecule has 0 bridgehead atoms. The van der Waals surface area contributed by atoms with E-state index in [-0.39, 0.29) is 0 Å². The van der Waals surface area contributed by atoms with Gasteiger partial charge in [0.05, 0.1) is 5.56 Å². The summed E-state index contributed by atoms with van der Waals surface area (Å²) in [6.45, 7) is 4.72. The monoisotopic (exact) mass is 479 g/mol. The minimum Gasteiger partial charge on any atom is -0.455 e. The average molecular weight is 480 g/mol. The molecule has 5 aliphatic heterocycles. The van der Waals surface area contributed by atoms with E-state index >= 15 is 0 Å². The number of hydrogen-bond donors (Lipinski definition) is 1. The summed E-state index contributed by atoms with van der Waals surface area (Å²) in [6.07, 6.45) is 9.46. The number of ether oxygens (including phenoxy) is 1. The van der Waals surface area contributed by atoms with Gasteiger partial charge in [0.1, 0.15) is 24.6 Å². The largest absolute Gasteiger partial charge is 0.455 e. The van der Waals surface area contributed by atoms with Crippen LogP contribution in [0.5, 0.6) is 11.5 Å². The summed E-state index contributed by atoms with van der Waals surface area (Å²) in [5.74, 6) is 2.25. The molecule has 0 N–H and O–H groups in total. The summed E-state index contributed by atoms with van der Waals surface area (Å²) in [7, 11) is 0. The van der Waals surface area contributed by atoms with Crippen LogP contribution in [0.25, 0.3) is 5.57 Å². The molecule has 0 atom stereocenters. The molecule has 0 spiro atoms. The van der Waals surface area contributed by atoms with Gasteiger partial charge in [-0.3, -0.25) is 0 Å². The molecule has 3 aromatic carbocycles. The predicted molar refractivity (Wildman–Crippen MR) is 144 cm³/mol. The zero-order valence-corrected chi connectivity index (χ0v) is 21.1. The van der Waals surface area contributed by atoms with Gasteiger partial charge in [-0.2, -0.15) is 0 Å². The van der Waals surface area contributed by atoms with Crippen molar-refractivity contribution in [2.24, 2.45) is 0 Å². The Hall–Kier alpha value is -2.72. The molecule has 0 fully saturated rings. The minimum atomic E-state index is 1.04. The maximum atomic E-state index is 7.11. The Morgan fingerprint density at radius 1 is 0.771 bits per heavy atom. The zero-order valence-electron chi connectivity index (χ0n) is 20.2. The quantitative estimate of drug-likeness (QED) is 0.321. The number of anilines is 1. The van der Waals surface area contributed by atoms with Crippen molar-refractivity contribution in [1.82, 2.24) is 4.58 Å².